The lowest BCUT2D eigenvalue weighted by Crippen LogP contribution is -2.22. The number of hydrogen-bond acceptors (Lipinski definition) is 2. The molecule has 1 saturated heterocycles. The van der Waals surface area contributed by atoms with Crippen molar-refractivity contribution < 1.29 is 4.74 Å². The summed E-state index contributed by atoms with van der Waals surface area (Å²) in [4.78, 5) is 2.41. The van der Waals surface area contributed by atoms with E-state index in [0.717, 1.165) is 18.7 Å². The lowest BCUT2D eigenvalue weighted by Gasteiger charge is -2.27. The Balaban J connectivity index is 1.91. The highest BCUT2D eigenvalue weighted by Crippen LogP contribution is 2.38. The summed E-state index contributed by atoms with van der Waals surface area (Å²) in [5.74, 6) is 0.892. The number of ether oxygens (including phenoxy) is 1. The van der Waals surface area contributed by atoms with Crippen molar-refractivity contribution >= 4 is 5.69 Å². The molecule has 2 aromatic carbocycles. The number of methoxy groups -OCH3 is 1. The Kier molecular flexibility index (Phi) is 3.46. The standard InChI is InChI=1S/C18H19NO/c1-14-12-18(15-6-4-3-5-7-15)19(13-14)16-8-10-17(20-2)11-9-16/h3-11,18H,1,12-13H2,2H3/t18-/m1/s1. The van der Waals surface area contributed by atoms with Crippen LogP contribution in [0.5, 0.6) is 5.75 Å². The normalized spacial score (nSPS) is 18.4. The van der Waals surface area contributed by atoms with Crippen LogP contribution in [0.25, 0.3) is 0 Å². The fourth-order valence-electron chi connectivity index (χ4n) is 2.82. The molecule has 2 heteroatoms. The number of rotatable bonds is 3. The first-order chi connectivity index (χ1) is 9.78. The summed E-state index contributed by atoms with van der Waals surface area (Å²) >= 11 is 0. The van der Waals surface area contributed by atoms with Crippen LogP contribution in [-0.4, -0.2) is 13.7 Å². The van der Waals surface area contributed by atoms with Gasteiger partial charge in [-0.15, -0.1) is 0 Å². The van der Waals surface area contributed by atoms with Gasteiger partial charge in [0.1, 0.15) is 5.75 Å². The molecule has 3 rings (SSSR count). The van der Waals surface area contributed by atoms with Crippen molar-refractivity contribution in [2.75, 3.05) is 18.6 Å². The van der Waals surface area contributed by atoms with Gasteiger partial charge in [-0.2, -0.15) is 0 Å². The third-order valence-corrected chi connectivity index (χ3v) is 3.84. The summed E-state index contributed by atoms with van der Waals surface area (Å²) < 4.78 is 5.23. The second kappa shape index (κ2) is 5.41. The molecular formula is C18H19NO. The molecule has 2 aromatic rings. The molecule has 1 fully saturated rings. The minimum Gasteiger partial charge on any atom is -0.497 e. The molecule has 0 bridgehead atoms. The highest BCUT2D eigenvalue weighted by Gasteiger charge is 2.28. The molecule has 0 unspecified atom stereocenters. The summed E-state index contributed by atoms with van der Waals surface area (Å²) in [5, 5.41) is 0. The molecule has 0 aliphatic carbocycles. The van der Waals surface area contributed by atoms with E-state index in [1.165, 1.54) is 16.8 Å². The van der Waals surface area contributed by atoms with E-state index in [1.54, 1.807) is 7.11 Å². The fourth-order valence-corrected chi connectivity index (χ4v) is 2.82. The summed E-state index contributed by atoms with van der Waals surface area (Å²) in [5.41, 5.74) is 3.86. The van der Waals surface area contributed by atoms with E-state index in [1.807, 2.05) is 12.1 Å². The van der Waals surface area contributed by atoms with Gasteiger partial charge in [-0.25, -0.2) is 0 Å². The van der Waals surface area contributed by atoms with Crippen LogP contribution in [0.2, 0.25) is 0 Å². The number of nitrogens with zero attached hydrogens (tertiary/aromatic N) is 1. The van der Waals surface area contributed by atoms with E-state index in [0.29, 0.717) is 6.04 Å². The van der Waals surface area contributed by atoms with Crippen LogP contribution >= 0.6 is 0 Å². The first-order valence-electron chi connectivity index (χ1n) is 6.90. The van der Waals surface area contributed by atoms with Gasteiger partial charge in [-0.05, 0) is 36.2 Å². The monoisotopic (exact) mass is 265 g/mol. The van der Waals surface area contributed by atoms with Crippen LogP contribution in [0.3, 0.4) is 0 Å². The van der Waals surface area contributed by atoms with Gasteiger partial charge >= 0.3 is 0 Å². The van der Waals surface area contributed by atoms with Gasteiger partial charge in [0.2, 0.25) is 0 Å². The van der Waals surface area contributed by atoms with Crippen molar-refractivity contribution in [3.8, 4) is 5.75 Å². The van der Waals surface area contributed by atoms with E-state index in [9.17, 15) is 0 Å². The van der Waals surface area contributed by atoms with Gasteiger partial charge in [-0.3, -0.25) is 0 Å². The van der Waals surface area contributed by atoms with Crippen LogP contribution < -0.4 is 9.64 Å². The molecule has 1 aliphatic heterocycles. The zero-order chi connectivity index (χ0) is 13.9. The van der Waals surface area contributed by atoms with Crippen LogP contribution in [0.15, 0.2) is 66.7 Å². The Morgan fingerprint density at radius 1 is 1.05 bits per heavy atom. The maximum absolute atomic E-state index is 5.23. The first kappa shape index (κ1) is 12.8. The number of benzene rings is 2. The topological polar surface area (TPSA) is 12.5 Å². The SMILES string of the molecule is C=C1C[C@H](c2ccccc2)N(c2ccc(OC)cc2)C1. The second-order valence-corrected chi connectivity index (χ2v) is 5.21. The third kappa shape index (κ3) is 2.42. The van der Waals surface area contributed by atoms with Gasteiger partial charge in [0.25, 0.3) is 0 Å². The molecule has 0 aromatic heterocycles. The highest BCUT2D eigenvalue weighted by atomic mass is 16.5. The first-order valence-corrected chi connectivity index (χ1v) is 6.90. The molecule has 0 radical (unpaired) electrons. The van der Waals surface area contributed by atoms with E-state index in [-0.39, 0.29) is 0 Å². The van der Waals surface area contributed by atoms with E-state index in [2.05, 4.69) is 53.9 Å². The molecular weight excluding hydrogens is 246 g/mol. The Morgan fingerprint density at radius 2 is 1.75 bits per heavy atom. The molecule has 0 saturated carbocycles. The van der Waals surface area contributed by atoms with Gasteiger partial charge in [0.05, 0.1) is 13.2 Å². The zero-order valence-corrected chi connectivity index (χ0v) is 11.8. The molecule has 0 amide bonds. The Morgan fingerprint density at radius 3 is 2.40 bits per heavy atom. The molecule has 0 N–H and O–H groups in total. The molecule has 1 aliphatic rings. The van der Waals surface area contributed by atoms with Crippen LogP contribution in [0.4, 0.5) is 5.69 Å². The second-order valence-electron chi connectivity index (χ2n) is 5.21. The molecule has 0 spiro atoms. The largest absolute Gasteiger partial charge is 0.497 e. The Bertz CT molecular complexity index is 589. The zero-order valence-electron chi connectivity index (χ0n) is 11.8. The Hall–Kier alpha value is -2.22. The highest BCUT2D eigenvalue weighted by molar-refractivity contribution is 5.54. The molecule has 102 valence electrons. The molecule has 20 heavy (non-hydrogen) atoms. The summed E-state index contributed by atoms with van der Waals surface area (Å²) in [6.07, 6.45) is 1.02. The fraction of sp³-hybridized carbons (Fsp3) is 0.222. The average Bonchev–Trinajstić information content (AvgIpc) is 2.90. The minimum atomic E-state index is 0.386. The maximum atomic E-state index is 5.23. The van der Waals surface area contributed by atoms with Gasteiger partial charge in [-0.1, -0.05) is 42.5 Å². The van der Waals surface area contributed by atoms with Crippen molar-refractivity contribution in [2.45, 2.75) is 12.5 Å². The number of hydrogen-bond donors (Lipinski definition) is 0. The number of anilines is 1. The van der Waals surface area contributed by atoms with Crippen LogP contribution in [-0.2, 0) is 0 Å². The molecule has 1 heterocycles. The minimum absolute atomic E-state index is 0.386. The van der Waals surface area contributed by atoms with Crippen molar-refractivity contribution in [1.29, 1.82) is 0 Å². The lowest BCUT2D eigenvalue weighted by molar-refractivity contribution is 0.415. The quantitative estimate of drug-likeness (QED) is 0.771. The van der Waals surface area contributed by atoms with E-state index >= 15 is 0 Å². The summed E-state index contributed by atoms with van der Waals surface area (Å²) in [6, 6.07) is 19.3. The van der Waals surface area contributed by atoms with E-state index < -0.39 is 0 Å². The summed E-state index contributed by atoms with van der Waals surface area (Å²) in [7, 11) is 1.69. The van der Waals surface area contributed by atoms with Crippen molar-refractivity contribution in [1.82, 2.24) is 0 Å². The van der Waals surface area contributed by atoms with Gasteiger partial charge in [0, 0.05) is 12.2 Å². The third-order valence-electron chi connectivity index (χ3n) is 3.84. The Labute approximate surface area is 120 Å². The van der Waals surface area contributed by atoms with E-state index in [4.69, 9.17) is 4.74 Å². The smallest absolute Gasteiger partial charge is 0.119 e. The van der Waals surface area contributed by atoms with Gasteiger partial charge in [0.15, 0.2) is 0 Å². The van der Waals surface area contributed by atoms with Crippen molar-refractivity contribution in [3.05, 3.63) is 72.3 Å². The summed E-state index contributed by atoms with van der Waals surface area (Å²) in [6.45, 7) is 5.10. The van der Waals surface area contributed by atoms with Crippen LogP contribution in [0.1, 0.15) is 18.0 Å². The molecule has 1 atom stereocenters. The lowest BCUT2D eigenvalue weighted by atomic mass is 10.0. The van der Waals surface area contributed by atoms with Crippen molar-refractivity contribution in [3.63, 3.8) is 0 Å². The van der Waals surface area contributed by atoms with Crippen molar-refractivity contribution in [2.24, 2.45) is 0 Å². The van der Waals surface area contributed by atoms with Gasteiger partial charge < -0.3 is 9.64 Å². The maximum Gasteiger partial charge on any atom is 0.119 e. The van der Waals surface area contributed by atoms with Crippen LogP contribution in [0, 0.1) is 0 Å². The predicted molar refractivity (Wildman–Crippen MR) is 83.3 cm³/mol. The average molecular weight is 265 g/mol. The molecule has 2 nitrogen and oxygen atoms in total. The predicted octanol–water partition coefficient (Wildman–Crippen LogP) is 4.20.